The smallest absolute Gasteiger partial charge is 0.00187 e. The van der Waals surface area contributed by atoms with E-state index < -0.39 is 0 Å². The molecule has 0 aromatic carbocycles. The molecule has 0 spiro atoms. The molecule has 1 rings (SSSR count). The van der Waals surface area contributed by atoms with Gasteiger partial charge < -0.3 is 10.6 Å². The van der Waals surface area contributed by atoms with E-state index in [1.54, 1.807) is 0 Å². The van der Waals surface area contributed by atoms with E-state index in [2.05, 4.69) is 4.90 Å². The van der Waals surface area contributed by atoms with Crippen molar-refractivity contribution in [1.82, 2.24) is 4.90 Å². The van der Waals surface area contributed by atoms with Crippen LogP contribution in [0.3, 0.4) is 0 Å². The topological polar surface area (TPSA) is 29.3 Å². The highest BCUT2D eigenvalue weighted by atomic mass is 15.1. The van der Waals surface area contributed by atoms with Crippen molar-refractivity contribution in [3.63, 3.8) is 0 Å². The molecule has 2 heteroatoms. The maximum Gasteiger partial charge on any atom is -0.00187 e. The van der Waals surface area contributed by atoms with E-state index in [-0.39, 0.29) is 0 Å². The van der Waals surface area contributed by atoms with Gasteiger partial charge >= 0.3 is 0 Å². The molecule has 1 aliphatic rings. The quantitative estimate of drug-likeness (QED) is 0.534. The first-order valence-corrected chi connectivity index (χ1v) is 8.86. The lowest BCUT2D eigenvalue weighted by Crippen LogP contribution is -2.30. The van der Waals surface area contributed by atoms with Gasteiger partial charge in [0, 0.05) is 0 Å². The summed E-state index contributed by atoms with van der Waals surface area (Å²) in [7, 11) is 0. The minimum absolute atomic E-state index is 0.872. The Hall–Kier alpha value is -0.0800. The van der Waals surface area contributed by atoms with Crippen LogP contribution in [-0.2, 0) is 0 Å². The van der Waals surface area contributed by atoms with Crippen LogP contribution in [0.25, 0.3) is 0 Å². The van der Waals surface area contributed by atoms with Gasteiger partial charge in [-0.25, -0.2) is 0 Å². The molecular weight excluding hydrogens is 232 g/mol. The maximum absolute atomic E-state index is 5.49. The third-order valence-electron chi connectivity index (χ3n) is 4.38. The average Bonchev–Trinajstić information content (AvgIpc) is 2.46. The van der Waals surface area contributed by atoms with Gasteiger partial charge in [-0.15, -0.1) is 0 Å². The molecule has 0 bridgehead atoms. The van der Waals surface area contributed by atoms with Crippen LogP contribution in [-0.4, -0.2) is 31.1 Å². The predicted molar refractivity (Wildman–Crippen MR) is 85.5 cm³/mol. The molecule has 0 atom stereocenters. The number of nitrogens with zero attached hydrogens (tertiary/aromatic N) is 1. The van der Waals surface area contributed by atoms with Crippen LogP contribution in [0.15, 0.2) is 0 Å². The zero-order valence-electron chi connectivity index (χ0n) is 13.0. The Balaban J connectivity index is 1.71. The fourth-order valence-corrected chi connectivity index (χ4v) is 3.08. The lowest BCUT2D eigenvalue weighted by Gasteiger charge is -2.26. The summed E-state index contributed by atoms with van der Waals surface area (Å²) >= 11 is 0. The third-order valence-corrected chi connectivity index (χ3v) is 4.38. The summed E-state index contributed by atoms with van der Waals surface area (Å²) in [4.78, 5) is 2.67. The van der Waals surface area contributed by atoms with Crippen molar-refractivity contribution in [1.29, 1.82) is 0 Å². The molecule has 1 saturated heterocycles. The molecule has 114 valence electrons. The lowest BCUT2D eigenvalue weighted by atomic mass is 10.1. The monoisotopic (exact) mass is 268 g/mol. The van der Waals surface area contributed by atoms with E-state index in [4.69, 9.17) is 5.73 Å². The molecule has 0 aromatic rings. The molecule has 2 nitrogen and oxygen atoms in total. The summed E-state index contributed by atoms with van der Waals surface area (Å²) in [6.07, 6.45) is 18.4. The molecule has 0 radical (unpaired) electrons. The van der Waals surface area contributed by atoms with Crippen LogP contribution in [0, 0.1) is 0 Å². The van der Waals surface area contributed by atoms with E-state index in [1.165, 1.54) is 103 Å². The number of hydrogen-bond acceptors (Lipinski definition) is 2. The van der Waals surface area contributed by atoms with Crippen molar-refractivity contribution in [2.75, 3.05) is 26.2 Å². The zero-order valence-corrected chi connectivity index (χ0v) is 13.0. The molecule has 1 aliphatic heterocycles. The molecule has 0 saturated carbocycles. The second-order valence-corrected chi connectivity index (χ2v) is 6.23. The lowest BCUT2D eigenvalue weighted by molar-refractivity contribution is 0.224. The van der Waals surface area contributed by atoms with E-state index >= 15 is 0 Å². The Bertz CT molecular complexity index is 176. The van der Waals surface area contributed by atoms with Crippen LogP contribution in [0.4, 0.5) is 0 Å². The SMILES string of the molecule is NCCCCCCCCCCCCN1CCCCC1. The molecule has 19 heavy (non-hydrogen) atoms. The first-order chi connectivity index (χ1) is 9.43. The summed E-state index contributed by atoms with van der Waals surface area (Å²) in [6.45, 7) is 4.96. The Kier molecular flexibility index (Phi) is 11.5. The van der Waals surface area contributed by atoms with E-state index in [0.29, 0.717) is 0 Å². The number of rotatable bonds is 12. The second-order valence-electron chi connectivity index (χ2n) is 6.23. The Labute approximate surface area is 121 Å². The van der Waals surface area contributed by atoms with Gasteiger partial charge in [0.05, 0.1) is 0 Å². The van der Waals surface area contributed by atoms with Crippen molar-refractivity contribution in [3.05, 3.63) is 0 Å². The average molecular weight is 268 g/mol. The first-order valence-electron chi connectivity index (χ1n) is 8.86. The van der Waals surface area contributed by atoms with Gasteiger partial charge in [-0.2, -0.15) is 0 Å². The van der Waals surface area contributed by atoms with Crippen LogP contribution in [0.1, 0.15) is 83.5 Å². The minimum Gasteiger partial charge on any atom is -0.330 e. The Morgan fingerprint density at radius 3 is 1.58 bits per heavy atom. The second kappa shape index (κ2) is 12.9. The summed E-state index contributed by atoms with van der Waals surface area (Å²) in [5.74, 6) is 0. The maximum atomic E-state index is 5.49. The molecule has 1 heterocycles. The molecule has 2 N–H and O–H groups in total. The van der Waals surface area contributed by atoms with Crippen LogP contribution in [0.5, 0.6) is 0 Å². The highest BCUT2D eigenvalue weighted by molar-refractivity contribution is 4.64. The number of piperidine rings is 1. The summed E-state index contributed by atoms with van der Waals surface area (Å²) in [6, 6.07) is 0. The molecule has 0 amide bonds. The Morgan fingerprint density at radius 1 is 0.579 bits per heavy atom. The summed E-state index contributed by atoms with van der Waals surface area (Å²) in [5.41, 5.74) is 5.49. The van der Waals surface area contributed by atoms with Crippen molar-refractivity contribution in [3.8, 4) is 0 Å². The minimum atomic E-state index is 0.872. The molecule has 0 unspecified atom stereocenters. The number of likely N-dealkylation sites (tertiary alicyclic amines) is 1. The summed E-state index contributed by atoms with van der Waals surface area (Å²) < 4.78 is 0. The fraction of sp³-hybridized carbons (Fsp3) is 1.00. The van der Waals surface area contributed by atoms with Gasteiger partial charge in [0.2, 0.25) is 0 Å². The normalized spacial score (nSPS) is 16.9. The largest absolute Gasteiger partial charge is 0.330 e. The van der Waals surface area contributed by atoms with E-state index in [1.807, 2.05) is 0 Å². The van der Waals surface area contributed by atoms with Crippen LogP contribution in [0.2, 0.25) is 0 Å². The van der Waals surface area contributed by atoms with Crippen molar-refractivity contribution in [2.45, 2.75) is 83.5 Å². The van der Waals surface area contributed by atoms with Crippen LogP contribution >= 0.6 is 0 Å². The van der Waals surface area contributed by atoms with Gasteiger partial charge in [0.15, 0.2) is 0 Å². The molecule has 0 aromatic heterocycles. The van der Waals surface area contributed by atoms with E-state index in [0.717, 1.165) is 6.54 Å². The Morgan fingerprint density at radius 2 is 1.05 bits per heavy atom. The number of unbranched alkanes of at least 4 members (excludes halogenated alkanes) is 9. The van der Waals surface area contributed by atoms with Gasteiger partial charge in [0.25, 0.3) is 0 Å². The standard InChI is InChI=1S/C17H36N2/c18-14-10-7-5-3-1-2-4-6-8-11-15-19-16-12-9-13-17-19/h1-18H2. The molecule has 0 aliphatic carbocycles. The van der Waals surface area contributed by atoms with Gasteiger partial charge in [0.1, 0.15) is 0 Å². The van der Waals surface area contributed by atoms with Crippen molar-refractivity contribution < 1.29 is 0 Å². The molecular formula is C17H36N2. The van der Waals surface area contributed by atoms with E-state index in [9.17, 15) is 0 Å². The first kappa shape index (κ1) is 17.0. The van der Waals surface area contributed by atoms with Crippen LogP contribution < -0.4 is 5.73 Å². The number of nitrogens with two attached hydrogens (primary N) is 1. The predicted octanol–water partition coefficient (Wildman–Crippen LogP) is 4.33. The van der Waals surface area contributed by atoms with Crippen molar-refractivity contribution >= 4 is 0 Å². The zero-order chi connectivity index (χ0) is 13.6. The third kappa shape index (κ3) is 10.4. The van der Waals surface area contributed by atoms with Gasteiger partial charge in [-0.05, 0) is 51.9 Å². The molecule has 1 fully saturated rings. The van der Waals surface area contributed by atoms with Gasteiger partial charge in [-0.1, -0.05) is 57.8 Å². The fourth-order valence-electron chi connectivity index (χ4n) is 3.08. The van der Waals surface area contributed by atoms with Gasteiger partial charge in [-0.3, -0.25) is 0 Å². The van der Waals surface area contributed by atoms with Crippen molar-refractivity contribution in [2.24, 2.45) is 5.73 Å². The highest BCUT2D eigenvalue weighted by Gasteiger charge is 2.08. The number of hydrogen-bond donors (Lipinski definition) is 1. The highest BCUT2D eigenvalue weighted by Crippen LogP contribution is 2.12. The summed E-state index contributed by atoms with van der Waals surface area (Å²) in [5, 5.41) is 0.